The Bertz CT molecular complexity index is 618. The topological polar surface area (TPSA) is 57.2 Å². The molecule has 5 nitrogen and oxygen atoms in total. The maximum Gasteiger partial charge on any atom is 0.455 e. The summed E-state index contributed by atoms with van der Waals surface area (Å²) in [7, 11) is 0. The second-order valence-electron chi connectivity index (χ2n) is 10.7. The molecule has 2 unspecified atom stereocenters. The van der Waals surface area contributed by atoms with Crippen molar-refractivity contribution < 1.29 is 68.0 Å². The summed E-state index contributed by atoms with van der Waals surface area (Å²) in [6.07, 6.45) is -11.1. The highest BCUT2D eigenvalue weighted by Crippen LogP contribution is 2.37. The van der Waals surface area contributed by atoms with Gasteiger partial charge in [0.25, 0.3) is 0 Å². The van der Waals surface area contributed by atoms with Gasteiger partial charge in [-0.05, 0) is 6.42 Å². The van der Waals surface area contributed by atoms with E-state index in [4.69, 9.17) is 9.47 Å². The fraction of sp³-hybridized carbons (Fsp3) is 1.00. The van der Waals surface area contributed by atoms with Gasteiger partial charge in [-0.3, -0.25) is 0 Å². The molecule has 15 heteroatoms. The summed E-state index contributed by atoms with van der Waals surface area (Å²) < 4.78 is 146. The molecule has 41 heavy (non-hydrogen) atoms. The summed E-state index contributed by atoms with van der Waals surface area (Å²) >= 11 is 0. The molecule has 0 aromatic carbocycles. The lowest BCUT2D eigenvalue weighted by atomic mass is 9.89. The highest BCUT2D eigenvalue weighted by molar-refractivity contribution is 4.79. The third-order valence-corrected chi connectivity index (χ3v) is 5.42. The van der Waals surface area contributed by atoms with Crippen LogP contribution in [0.25, 0.3) is 0 Å². The largest absolute Gasteiger partial charge is 0.455 e. The van der Waals surface area contributed by atoms with Gasteiger partial charge >= 0.3 is 24.2 Å². The molecule has 0 aliphatic carbocycles. The number of rotatable bonds is 18. The third kappa shape index (κ3) is 17.7. The first-order valence-corrected chi connectivity index (χ1v) is 11.3. The van der Waals surface area contributed by atoms with Gasteiger partial charge in [-0.15, -0.1) is 0 Å². The Morgan fingerprint density at radius 3 is 0.976 bits per heavy atom. The summed E-state index contributed by atoms with van der Waals surface area (Å²) in [6.45, 7) is 2.51. The average Bonchev–Trinajstić information content (AvgIpc) is 2.71. The average molecular weight is 635 g/mol. The molecule has 1 N–H and O–H groups in total. The molecule has 0 amide bonds. The van der Waals surface area contributed by atoms with E-state index in [-0.39, 0.29) is 56.1 Å². The molecule has 256 valence electrons. The van der Waals surface area contributed by atoms with E-state index in [0.717, 1.165) is 0 Å². The molecule has 0 aliphatic rings. The predicted molar refractivity (Wildman–Crippen MR) is 140 cm³/mol. The lowest BCUT2D eigenvalue weighted by Crippen LogP contribution is -2.43. The van der Waals surface area contributed by atoms with E-state index >= 15 is 0 Å². The first-order valence-electron chi connectivity index (χ1n) is 11.3. The van der Waals surface area contributed by atoms with Crippen molar-refractivity contribution in [2.45, 2.75) is 94.9 Å². The molecule has 0 radical (unpaired) electrons. The Kier molecular flexibility index (Phi) is 22.7. The maximum absolute atomic E-state index is 13.0. The maximum atomic E-state index is 13.0. The standard InChI is InChI=1S/C22H36F10O5.4CH4/c1-6-17(4,11-36-14-19(23,24)21(27,28)29)10-34-8-16(2,3)9-35-12-18(5,7-33)13-37-15-20(25,26)22(30,31)32;;;;/h33H,6-15H2,1-5H3;4*1H4. The van der Waals surface area contributed by atoms with Crippen LogP contribution >= 0.6 is 0 Å². The first kappa shape index (κ1) is 49.8. The van der Waals surface area contributed by atoms with Gasteiger partial charge in [0.2, 0.25) is 0 Å². The number of aliphatic hydroxyl groups is 1. The molecule has 2 atom stereocenters. The van der Waals surface area contributed by atoms with Crippen molar-refractivity contribution in [3.8, 4) is 0 Å². The van der Waals surface area contributed by atoms with E-state index in [1.165, 1.54) is 6.92 Å². The number of hydrogen-bond acceptors (Lipinski definition) is 5. The fourth-order valence-electron chi connectivity index (χ4n) is 2.58. The molecule has 0 fully saturated rings. The number of ether oxygens (including phenoxy) is 4. The zero-order chi connectivity index (χ0) is 29.4. The molecule has 0 heterocycles. The normalized spacial score (nSPS) is 15.8. The van der Waals surface area contributed by atoms with Crippen molar-refractivity contribution in [3.63, 3.8) is 0 Å². The fourth-order valence-corrected chi connectivity index (χ4v) is 2.58. The Hall–Kier alpha value is -0.900. The van der Waals surface area contributed by atoms with Gasteiger partial charge in [0, 0.05) is 16.2 Å². The van der Waals surface area contributed by atoms with Crippen molar-refractivity contribution in [1.29, 1.82) is 0 Å². The van der Waals surface area contributed by atoms with Gasteiger partial charge in [-0.2, -0.15) is 43.9 Å². The minimum Gasteiger partial charge on any atom is -0.396 e. The van der Waals surface area contributed by atoms with Crippen molar-refractivity contribution in [2.24, 2.45) is 16.2 Å². The minimum atomic E-state index is -5.77. The quantitative estimate of drug-likeness (QED) is 0.154. The lowest BCUT2D eigenvalue weighted by molar-refractivity contribution is -0.298. The molecule has 0 rings (SSSR count). The smallest absolute Gasteiger partial charge is 0.396 e. The Balaban J connectivity index is -0.00000108. The lowest BCUT2D eigenvalue weighted by Gasteiger charge is -2.33. The van der Waals surface area contributed by atoms with E-state index in [2.05, 4.69) is 9.47 Å². The van der Waals surface area contributed by atoms with Crippen LogP contribution in [0.3, 0.4) is 0 Å². The zero-order valence-corrected chi connectivity index (χ0v) is 21.4. The van der Waals surface area contributed by atoms with Gasteiger partial charge in [-0.25, -0.2) is 0 Å². The van der Waals surface area contributed by atoms with Crippen molar-refractivity contribution in [2.75, 3.05) is 59.5 Å². The SMILES string of the molecule is C.C.C.C.CCC(C)(COCC(C)(C)COCC(C)(CO)COCC(F)(F)C(F)(F)F)COCC(F)(F)C(F)(F)F. The highest BCUT2D eigenvalue weighted by Gasteiger charge is 2.58. The van der Waals surface area contributed by atoms with Crippen LogP contribution in [0.15, 0.2) is 0 Å². The summed E-state index contributed by atoms with van der Waals surface area (Å²) in [5, 5.41) is 9.51. The van der Waals surface area contributed by atoms with Crippen LogP contribution in [0.5, 0.6) is 0 Å². The summed E-state index contributed by atoms with van der Waals surface area (Å²) in [5.74, 6) is -10.0. The van der Waals surface area contributed by atoms with Crippen LogP contribution in [0.4, 0.5) is 43.9 Å². The third-order valence-electron chi connectivity index (χ3n) is 5.42. The number of halogens is 10. The van der Waals surface area contributed by atoms with Crippen LogP contribution in [0.1, 0.15) is 70.7 Å². The Morgan fingerprint density at radius 2 is 0.732 bits per heavy atom. The second kappa shape index (κ2) is 18.7. The molecule has 0 bridgehead atoms. The first-order chi connectivity index (χ1) is 16.4. The molecule has 0 aromatic rings. The Morgan fingerprint density at radius 1 is 0.463 bits per heavy atom. The zero-order valence-electron chi connectivity index (χ0n) is 21.4. The van der Waals surface area contributed by atoms with Crippen molar-refractivity contribution in [1.82, 2.24) is 0 Å². The van der Waals surface area contributed by atoms with Gasteiger partial charge in [-0.1, -0.05) is 64.3 Å². The molecule has 0 aliphatic heterocycles. The summed E-state index contributed by atoms with van der Waals surface area (Å²) in [4.78, 5) is 0. The predicted octanol–water partition coefficient (Wildman–Crippen LogP) is 8.43. The number of hydrogen-bond donors (Lipinski definition) is 1. The van der Waals surface area contributed by atoms with E-state index in [0.29, 0.717) is 6.42 Å². The second-order valence-corrected chi connectivity index (χ2v) is 10.7. The molecule has 0 aromatic heterocycles. The van der Waals surface area contributed by atoms with Crippen molar-refractivity contribution in [3.05, 3.63) is 0 Å². The molecule has 0 saturated heterocycles. The number of alkyl halides is 10. The van der Waals surface area contributed by atoms with E-state index in [9.17, 15) is 49.0 Å². The molecular weight excluding hydrogens is 582 g/mol. The Labute approximate surface area is 239 Å². The highest BCUT2D eigenvalue weighted by atomic mass is 19.4. The van der Waals surface area contributed by atoms with Crippen LogP contribution in [-0.2, 0) is 18.9 Å². The minimum absolute atomic E-state index is 0. The van der Waals surface area contributed by atoms with E-state index in [1.54, 1.807) is 27.7 Å². The number of aliphatic hydroxyl groups excluding tert-OH is 1. The van der Waals surface area contributed by atoms with Gasteiger partial charge in [0.15, 0.2) is 0 Å². The molecule has 0 saturated carbocycles. The van der Waals surface area contributed by atoms with Crippen molar-refractivity contribution >= 4 is 0 Å². The van der Waals surface area contributed by atoms with E-state index < -0.39 is 73.5 Å². The van der Waals surface area contributed by atoms with Gasteiger partial charge < -0.3 is 24.1 Å². The summed E-state index contributed by atoms with van der Waals surface area (Å²) in [5.41, 5.74) is -2.79. The van der Waals surface area contributed by atoms with Gasteiger partial charge in [0.1, 0.15) is 13.2 Å². The van der Waals surface area contributed by atoms with Crippen LogP contribution in [0.2, 0.25) is 0 Å². The molecule has 0 spiro atoms. The van der Waals surface area contributed by atoms with Crippen LogP contribution in [-0.4, -0.2) is 88.8 Å². The van der Waals surface area contributed by atoms with Crippen LogP contribution < -0.4 is 0 Å². The monoisotopic (exact) mass is 634 g/mol. The molecular formula is C26H52F10O5. The van der Waals surface area contributed by atoms with Gasteiger partial charge in [0.05, 0.1) is 46.2 Å². The summed E-state index contributed by atoms with van der Waals surface area (Å²) in [6, 6.07) is 0. The van der Waals surface area contributed by atoms with E-state index in [1.807, 2.05) is 0 Å². The van der Waals surface area contributed by atoms with Crippen LogP contribution in [0, 0.1) is 16.2 Å².